The zero-order valence-electron chi connectivity index (χ0n) is 18.4. The van der Waals surface area contributed by atoms with Crippen LogP contribution >= 0.6 is 22.7 Å². The molecule has 1 unspecified atom stereocenters. The first-order valence-corrected chi connectivity index (χ1v) is 13.8. The van der Waals surface area contributed by atoms with Crippen LogP contribution in [0.1, 0.15) is 19.8 Å². The lowest BCUT2D eigenvalue weighted by Crippen LogP contribution is -2.41. The average Bonchev–Trinajstić information content (AvgIpc) is 3.54. The zero-order chi connectivity index (χ0) is 25.2. The Bertz CT molecular complexity index is 1320. The predicted molar refractivity (Wildman–Crippen MR) is 127 cm³/mol. The number of amides is 1. The normalized spacial score (nSPS) is 16.1. The van der Waals surface area contributed by atoms with E-state index in [1.807, 2.05) is 0 Å². The van der Waals surface area contributed by atoms with Gasteiger partial charge in [-0.15, -0.1) is 22.7 Å². The van der Waals surface area contributed by atoms with Gasteiger partial charge in [-0.2, -0.15) is 4.31 Å². The van der Waals surface area contributed by atoms with Crippen molar-refractivity contribution in [2.24, 2.45) is 5.92 Å². The van der Waals surface area contributed by atoms with E-state index < -0.39 is 45.6 Å². The molecule has 2 aromatic heterocycles. The monoisotopic (exact) mass is 541 g/mol. The average molecular weight is 542 g/mol. The molecule has 1 saturated heterocycles. The Morgan fingerprint density at radius 1 is 1.17 bits per heavy atom. The second kappa shape index (κ2) is 10.5. The zero-order valence-corrected chi connectivity index (χ0v) is 20.9. The lowest BCUT2D eigenvalue weighted by atomic mass is 9.98. The molecule has 1 N–H and O–H groups in total. The number of hydrogen-bond acceptors (Lipinski definition) is 8. The van der Waals surface area contributed by atoms with Gasteiger partial charge in [0.15, 0.2) is 22.9 Å². The molecule has 1 aliphatic rings. The van der Waals surface area contributed by atoms with E-state index in [9.17, 15) is 26.8 Å². The summed E-state index contributed by atoms with van der Waals surface area (Å²) in [5.41, 5.74) is 0.714. The fourth-order valence-electron chi connectivity index (χ4n) is 3.52. The summed E-state index contributed by atoms with van der Waals surface area (Å²) in [6.07, 6.45) is -0.519. The maximum atomic E-state index is 13.5. The van der Waals surface area contributed by atoms with Gasteiger partial charge in [0, 0.05) is 24.0 Å². The lowest BCUT2D eigenvalue weighted by Gasteiger charge is -2.30. The maximum absolute atomic E-state index is 13.5. The van der Waals surface area contributed by atoms with E-state index in [1.54, 1.807) is 22.9 Å². The van der Waals surface area contributed by atoms with Gasteiger partial charge in [0.1, 0.15) is 4.21 Å². The van der Waals surface area contributed by atoms with Gasteiger partial charge in [-0.3, -0.25) is 14.9 Å². The molecule has 8 nitrogen and oxygen atoms in total. The molecule has 0 aliphatic carbocycles. The molecule has 0 radical (unpaired) electrons. The van der Waals surface area contributed by atoms with Gasteiger partial charge in [-0.25, -0.2) is 22.2 Å². The van der Waals surface area contributed by atoms with Gasteiger partial charge >= 0.3 is 5.97 Å². The molecule has 0 saturated carbocycles. The molecule has 1 atom stereocenters. The summed E-state index contributed by atoms with van der Waals surface area (Å²) < 4.78 is 58.7. The number of anilines is 1. The molecule has 1 aliphatic heterocycles. The first-order valence-electron chi connectivity index (χ1n) is 10.6. The van der Waals surface area contributed by atoms with Crippen molar-refractivity contribution >= 4 is 49.7 Å². The number of piperidine rings is 1. The number of hydrogen-bond donors (Lipinski definition) is 1. The van der Waals surface area contributed by atoms with Crippen molar-refractivity contribution in [3.8, 4) is 11.3 Å². The molecular weight excluding hydrogens is 520 g/mol. The van der Waals surface area contributed by atoms with E-state index in [-0.39, 0.29) is 22.4 Å². The van der Waals surface area contributed by atoms with Crippen molar-refractivity contribution in [3.63, 3.8) is 0 Å². The van der Waals surface area contributed by atoms with Gasteiger partial charge in [0.05, 0.1) is 11.6 Å². The van der Waals surface area contributed by atoms with Crippen LogP contribution < -0.4 is 5.32 Å². The first-order chi connectivity index (χ1) is 16.6. The highest BCUT2D eigenvalue weighted by atomic mass is 32.2. The number of esters is 1. The Morgan fingerprint density at radius 3 is 2.57 bits per heavy atom. The second-order valence-electron chi connectivity index (χ2n) is 7.85. The number of aromatic nitrogens is 1. The molecule has 3 aromatic rings. The number of thiophene rings is 1. The van der Waals surface area contributed by atoms with Crippen molar-refractivity contribution in [2.75, 3.05) is 18.4 Å². The largest absolute Gasteiger partial charge is 0.452 e. The summed E-state index contributed by atoms with van der Waals surface area (Å²) in [5.74, 6) is -3.65. The van der Waals surface area contributed by atoms with E-state index in [0.717, 1.165) is 34.8 Å². The van der Waals surface area contributed by atoms with E-state index >= 15 is 0 Å². The Hall–Kier alpha value is -2.74. The number of nitrogens with one attached hydrogen (secondary N) is 1. The molecule has 1 aromatic carbocycles. The number of halogens is 2. The minimum Gasteiger partial charge on any atom is -0.452 e. The quantitative estimate of drug-likeness (QED) is 0.451. The third kappa shape index (κ3) is 5.74. The summed E-state index contributed by atoms with van der Waals surface area (Å²) >= 11 is 2.23. The van der Waals surface area contributed by atoms with Crippen LogP contribution in [0.15, 0.2) is 45.3 Å². The van der Waals surface area contributed by atoms with Gasteiger partial charge in [0.2, 0.25) is 0 Å². The number of carbonyl (C=O) groups is 2. The number of benzene rings is 1. The van der Waals surface area contributed by atoms with Gasteiger partial charge < -0.3 is 4.74 Å². The third-order valence-corrected chi connectivity index (χ3v) is 9.52. The topological polar surface area (TPSA) is 106 Å². The van der Waals surface area contributed by atoms with Crippen molar-refractivity contribution in [1.82, 2.24) is 9.29 Å². The fourth-order valence-corrected chi connectivity index (χ4v) is 6.86. The standard InChI is InChI=1S/C22H21F2N3O5S3/c1-13(20(28)26-22-25-18(12-34-22)15-4-5-16(23)17(24)11-15)32-21(29)14-6-8-27(9-7-14)35(30,31)19-3-2-10-33-19/h2-5,10-14H,6-9H2,1H3,(H,25,26,28). The number of sulfonamides is 1. The van der Waals surface area contributed by atoms with Crippen molar-refractivity contribution < 1.29 is 31.5 Å². The van der Waals surface area contributed by atoms with E-state index in [0.29, 0.717) is 24.1 Å². The summed E-state index contributed by atoms with van der Waals surface area (Å²) in [7, 11) is -3.57. The Labute approximate surface area is 208 Å². The fraction of sp³-hybridized carbons (Fsp3) is 0.318. The molecule has 4 rings (SSSR count). The number of rotatable bonds is 7. The maximum Gasteiger partial charge on any atom is 0.309 e. The Kier molecular flexibility index (Phi) is 7.59. The summed E-state index contributed by atoms with van der Waals surface area (Å²) in [6.45, 7) is 1.80. The van der Waals surface area contributed by atoms with Crippen molar-refractivity contribution in [3.05, 3.63) is 52.7 Å². The summed E-state index contributed by atoms with van der Waals surface area (Å²) in [5, 5.41) is 6.03. The van der Waals surface area contributed by atoms with Crippen LogP contribution in [0.2, 0.25) is 0 Å². The van der Waals surface area contributed by atoms with Gasteiger partial charge in [-0.05, 0) is 49.4 Å². The number of carbonyl (C=O) groups excluding carboxylic acids is 2. The SMILES string of the molecule is CC(OC(=O)C1CCN(S(=O)(=O)c2cccs2)CC1)C(=O)Nc1nc(-c2ccc(F)c(F)c2)cs1. The predicted octanol–water partition coefficient (Wildman–Crippen LogP) is 4.12. The van der Waals surface area contributed by atoms with Crippen molar-refractivity contribution in [2.45, 2.75) is 30.1 Å². The molecule has 1 amide bonds. The summed E-state index contributed by atoms with van der Waals surface area (Å²) in [4.78, 5) is 29.2. The van der Waals surface area contributed by atoms with Crippen LogP contribution in [0.5, 0.6) is 0 Å². The van der Waals surface area contributed by atoms with E-state index in [1.165, 1.54) is 17.3 Å². The van der Waals surface area contributed by atoms with Crippen LogP contribution in [0.4, 0.5) is 13.9 Å². The van der Waals surface area contributed by atoms with E-state index in [2.05, 4.69) is 10.3 Å². The number of thiazole rings is 1. The third-order valence-electron chi connectivity index (χ3n) is 5.49. The van der Waals surface area contributed by atoms with Crippen LogP contribution in [0, 0.1) is 17.6 Å². The Morgan fingerprint density at radius 2 is 1.91 bits per heavy atom. The van der Waals surface area contributed by atoms with Gasteiger partial charge in [0.25, 0.3) is 15.9 Å². The van der Waals surface area contributed by atoms with E-state index in [4.69, 9.17) is 4.74 Å². The molecule has 35 heavy (non-hydrogen) atoms. The molecule has 1 fully saturated rings. The van der Waals surface area contributed by atoms with Crippen LogP contribution in [-0.4, -0.2) is 48.8 Å². The minimum absolute atomic E-state index is 0.187. The Balaban J connectivity index is 1.29. The summed E-state index contributed by atoms with van der Waals surface area (Å²) in [6, 6.07) is 6.59. The number of ether oxygens (including phenoxy) is 1. The lowest BCUT2D eigenvalue weighted by molar-refractivity contribution is -0.158. The molecular formula is C22H21F2N3O5S3. The minimum atomic E-state index is -3.57. The highest BCUT2D eigenvalue weighted by molar-refractivity contribution is 7.91. The molecule has 13 heteroatoms. The van der Waals surface area contributed by atoms with Crippen LogP contribution in [0.25, 0.3) is 11.3 Å². The van der Waals surface area contributed by atoms with Crippen molar-refractivity contribution in [1.29, 1.82) is 0 Å². The number of nitrogens with zero attached hydrogens (tertiary/aromatic N) is 2. The van der Waals surface area contributed by atoms with Crippen LogP contribution in [-0.2, 0) is 24.3 Å². The smallest absolute Gasteiger partial charge is 0.309 e. The molecule has 186 valence electrons. The second-order valence-corrected chi connectivity index (χ2v) is 11.8. The molecule has 0 bridgehead atoms. The van der Waals surface area contributed by atoms with Gasteiger partial charge in [-0.1, -0.05) is 6.07 Å². The first kappa shape index (κ1) is 25.4. The molecule has 3 heterocycles. The van der Waals surface area contributed by atoms with Crippen LogP contribution in [0.3, 0.4) is 0 Å². The highest BCUT2D eigenvalue weighted by Gasteiger charge is 2.34. The molecule has 0 spiro atoms. The highest BCUT2D eigenvalue weighted by Crippen LogP contribution is 2.28.